The molecule has 1 aliphatic carbocycles. The lowest BCUT2D eigenvalue weighted by atomic mass is 10.1. The summed E-state index contributed by atoms with van der Waals surface area (Å²) in [7, 11) is -3.50. The molecule has 2 aliphatic rings. The maximum absolute atomic E-state index is 12.9. The van der Waals surface area contributed by atoms with Crippen LogP contribution in [0.15, 0.2) is 23.1 Å². The van der Waals surface area contributed by atoms with Crippen molar-refractivity contribution in [2.24, 2.45) is 0 Å². The largest absolute Gasteiger partial charge is 0.396 e. The SMILES string of the molecule is O=C(CSCCO)N1CCN(S(=O)(=O)c2ccc3c(c2)CCC3)CC1. The van der Waals surface area contributed by atoms with Gasteiger partial charge >= 0.3 is 0 Å². The van der Waals surface area contributed by atoms with Crippen LogP contribution in [0.2, 0.25) is 0 Å². The van der Waals surface area contributed by atoms with Crippen molar-refractivity contribution >= 4 is 27.7 Å². The summed E-state index contributed by atoms with van der Waals surface area (Å²) in [6, 6.07) is 5.47. The molecule has 1 saturated heterocycles. The van der Waals surface area contributed by atoms with Gasteiger partial charge in [0.1, 0.15) is 0 Å². The molecule has 1 aliphatic heterocycles. The molecule has 0 bridgehead atoms. The standard InChI is InChI=1S/C17H24N2O4S2/c20-10-11-24-13-17(21)18-6-8-19(9-7-18)25(22,23)16-5-4-14-2-1-3-15(14)12-16/h4-5,12,20H,1-3,6-11,13H2. The van der Waals surface area contributed by atoms with Crippen LogP contribution in [0.1, 0.15) is 17.5 Å². The van der Waals surface area contributed by atoms with Crippen LogP contribution < -0.4 is 0 Å². The number of aliphatic hydroxyl groups is 1. The molecule has 1 aromatic carbocycles. The molecular formula is C17H24N2O4S2. The highest BCUT2D eigenvalue weighted by molar-refractivity contribution is 7.99. The first-order chi connectivity index (χ1) is 12.0. The quantitative estimate of drug-likeness (QED) is 0.732. The zero-order valence-electron chi connectivity index (χ0n) is 14.2. The lowest BCUT2D eigenvalue weighted by Crippen LogP contribution is -2.51. The number of rotatable bonds is 6. The van der Waals surface area contributed by atoms with Crippen molar-refractivity contribution in [3.63, 3.8) is 0 Å². The third-order valence-corrected chi connectivity index (χ3v) is 7.58. The Labute approximate surface area is 153 Å². The molecule has 0 radical (unpaired) electrons. The fourth-order valence-electron chi connectivity index (χ4n) is 3.35. The van der Waals surface area contributed by atoms with E-state index in [1.807, 2.05) is 12.1 Å². The van der Waals surface area contributed by atoms with Gasteiger partial charge < -0.3 is 10.0 Å². The Morgan fingerprint density at radius 2 is 1.84 bits per heavy atom. The summed E-state index contributed by atoms with van der Waals surface area (Å²) in [5.74, 6) is 0.879. The number of carbonyl (C=O) groups excluding carboxylic acids is 1. The lowest BCUT2D eigenvalue weighted by Gasteiger charge is -2.34. The fraction of sp³-hybridized carbons (Fsp3) is 0.588. The molecule has 0 unspecified atom stereocenters. The topological polar surface area (TPSA) is 77.9 Å². The zero-order valence-corrected chi connectivity index (χ0v) is 15.8. The highest BCUT2D eigenvalue weighted by Gasteiger charge is 2.30. The smallest absolute Gasteiger partial charge is 0.243 e. The van der Waals surface area contributed by atoms with Crippen LogP contribution in [0.3, 0.4) is 0 Å². The molecule has 0 spiro atoms. The van der Waals surface area contributed by atoms with Crippen LogP contribution in [0, 0.1) is 0 Å². The number of nitrogens with zero attached hydrogens (tertiary/aromatic N) is 2. The fourth-order valence-corrected chi connectivity index (χ4v) is 5.45. The molecule has 3 rings (SSSR count). The van der Waals surface area contributed by atoms with Gasteiger partial charge in [0.05, 0.1) is 17.3 Å². The van der Waals surface area contributed by atoms with Gasteiger partial charge in [0.25, 0.3) is 0 Å². The van der Waals surface area contributed by atoms with Crippen LogP contribution in [-0.4, -0.2) is 72.9 Å². The van der Waals surface area contributed by atoms with Crippen molar-refractivity contribution in [3.8, 4) is 0 Å². The van der Waals surface area contributed by atoms with Gasteiger partial charge in [0.2, 0.25) is 15.9 Å². The molecule has 138 valence electrons. The molecule has 6 nitrogen and oxygen atoms in total. The summed E-state index contributed by atoms with van der Waals surface area (Å²) in [5.41, 5.74) is 2.41. The van der Waals surface area contributed by atoms with Crippen LogP contribution in [-0.2, 0) is 27.7 Å². The molecule has 1 fully saturated rings. The number of thioether (sulfide) groups is 1. The van der Waals surface area contributed by atoms with Crippen LogP contribution in [0.4, 0.5) is 0 Å². The summed E-state index contributed by atoms with van der Waals surface area (Å²) in [6.45, 7) is 1.56. The number of amides is 1. The van der Waals surface area contributed by atoms with Crippen LogP contribution >= 0.6 is 11.8 Å². The van der Waals surface area contributed by atoms with E-state index >= 15 is 0 Å². The second-order valence-corrected chi connectivity index (χ2v) is 9.39. The lowest BCUT2D eigenvalue weighted by molar-refractivity contribution is -0.129. The first-order valence-corrected chi connectivity index (χ1v) is 11.2. The van der Waals surface area contributed by atoms with Gasteiger partial charge in [-0.15, -0.1) is 11.8 Å². The minimum absolute atomic E-state index is 0.00743. The van der Waals surface area contributed by atoms with E-state index in [0.717, 1.165) is 24.8 Å². The first kappa shape index (κ1) is 18.7. The third-order valence-electron chi connectivity index (χ3n) is 4.76. The average Bonchev–Trinajstić information content (AvgIpc) is 3.09. The van der Waals surface area contributed by atoms with Gasteiger partial charge in [-0.05, 0) is 42.5 Å². The van der Waals surface area contributed by atoms with Crippen LogP contribution in [0.25, 0.3) is 0 Å². The number of hydrogen-bond acceptors (Lipinski definition) is 5. The van der Waals surface area contributed by atoms with Crippen molar-refractivity contribution in [2.75, 3.05) is 44.3 Å². The van der Waals surface area contributed by atoms with Gasteiger partial charge in [0.15, 0.2) is 0 Å². The second kappa shape index (κ2) is 8.07. The number of carbonyl (C=O) groups is 1. The van der Waals surface area contributed by atoms with E-state index in [4.69, 9.17) is 5.11 Å². The Morgan fingerprint density at radius 3 is 2.56 bits per heavy atom. The number of hydrogen-bond donors (Lipinski definition) is 1. The van der Waals surface area contributed by atoms with E-state index in [9.17, 15) is 13.2 Å². The minimum Gasteiger partial charge on any atom is -0.396 e. The first-order valence-electron chi connectivity index (χ1n) is 8.60. The molecule has 0 atom stereocenters. The normalized spacial score (nSPS) is 18.4. The summed E-state index contributed by atoms with van der Waals surface area (Å²) in [4.78, 5) is 14.2. The van der Waals surface area contributed by atoms with Crippen molar-refractivity contribution < 1.29 is 18.3 Å². The highest BCUT2D eigenvalue weighted by Crippen LogP contribution is 2.26. The molecule has 0 aromatic heterocycles. The molecule has 8 heteroatoms. The van der Waals surface area contributed by atoms with Gasteiger partial charge in [-0.1, -0.05) is 6.07 Å². The molecule has 1 aromatic rings. The van der Waals surface area contributed by atoms with Gasteiger partial charge in [-0.2, -0.15) is 4.31 Å². The van der Waals surface area contributed by atoms with Crippen molar-refractivity contribution in [2.45, 2.75) is 24.2 Å². The average molecular weight is 385 g/mol. The number of piperazine rings is 1. The van der Waals surface area contributed by atoms with E-state index in [2.05, 4.69) is 0 Å². The second-order valence-electron chi connectivity index (χ2n) is 6.35. The van der Waals surface area contributed by atoms with E-state index in [0.29, 0.717) is 42.6 Å². The Morgan fingerprint density at radius 1 is 1.12 bits per heavy atom. The number of benzene rings is 1. The van der Waals surface area contributed by atoms with Crippen molar-refractivity contribution in [3.05, 3.63) is 29.3 Å². The number of fused-ring (bicyclic) bond motifs is 1. The number of aliphatic hydroxyl groups excluding tert-OH is 1. The Kier molecular flexibility index (Phi) is 6.04. The van der Waals surface area contributed by atoms with E-state index in [1.54, 1.807) is 11.0 Å². The van der Waals surface area contributed by atoms with E-state index < -0.39 is 10.0 Å². The van der Waals surface area contributed by atoms with Crippen LogP contribution in [0.5, 0.6) is 0 Å². The molecule has 0 saturated carbocycles. The van der Waals surface area contributed by atoms with Crippen molar-refractivity contribution in [1.29, 1.82) is 0 Å². The molecule has 1 N–H and O–H groups in total. The molecule has 1 heterocycles. The molecule has 25 heavy (non-hydrogen) atoms. The molecular weight excluding hydrogens is 360 g/mol. The minimum atomic E-state index is -3.50. The van der Waals surface area contributed by atoms with E-state index in [-0.39, 0.29) is 12.5 Å². The number of sulfonamides is 1. The highest BCUT2D eigenvalue weighted by atomic mass is 32.2. The summed E-state index contributed by atoms with van der Waals surface area (Å²) in [5, 5.41) is 8.76. The van der Waals surface area contributed by atoms with Gasteiger partial charge in [0, 0.05) is 31.9 Å². The third kappa shape index (κ3) is 4.19. The van der Waals surface area contributed by atoms with Gasteiger partial charge in [-0.25, -0.2) is 8.42 Å². The Bertz CT molecular complexity index is 728. The predicted octanol–water partition coefficient (Wildman–Crippen LogP) is 0.734. The van der Waals surface area contributed by atoms with Gasteiger partial charge in [-0.3, -0.25) is 4.79 Å². The molecule has 1 amide bonds. The maximum Gasteiger partial charge on any atom is 0.243 e. The summed E-state index contributed by atoms with van der Waals surface area (Å²) >= 11 is 1.40. The maximum atomic E-state index is 12.9. The Hall–Kier alpha value is -1.09. The summed E-state index contributed by atoms with van der Waals surface area (Å²) in [6.07, 6.45) is 3.07. The zero-order chi connectivity index (χ0) is 17.9. The summed E-state index contributed by atoms with van der Waals surface area (Å²) < 4.78 is 27.2. The number of aryl methyl sites for hydroxylation is 2. The van der Waals surface area contributed by atoms with Crippen molar-refractivity contribution in [1.82, 2.24) is 9.21 Å². The Balaban J connectivity index is 1.61. The van der Waals surface area contributed by atoms with E-state index in [1.165, 1.54) is 21.6 Å². The monoisotopic (exact) mass is 384 g/mol. The predicted molar refractivity (Wildman–Crippen MR) is 98.2 cm³/mol.